The summed E-state index contributed by atoms with van der Waals surface area (Å²) in [6, 6.07) is 24.6. The number of hydrogen-bond acceptors (Lipinski definition) is 5. The lowest BCUT2D eigenvalue weighted by Crippen LogP contribution is -2.48. The fourth-order valence-corrected chi connectivity index (χ4v) is 4.50. The molecule has 1 amide bonds. The average molecular weight is 481 g/mol. The lowest BCUT2D eigenvalue weighted by molar-refractivity contribution is 0.0628. The van der Waals surface area contributed by atoms with E-state index in [1.54, 1.807) is 43.3 Å². The first-order valence-electron chi connectivity index (χ1n) is 12.0. The number of piperazine rings is 1. The van der Waals surface area contributed by atoms with Gasteiger partial charge >= 0.3 is 5.69 Å². The average Bonchev–Trinajstić information content (AvgIpc) is 2.90. The number of hydrogen-bond donors (Lipinski definition) is 2. The Kier molecular flexibility index (Phi) is 6.64. The third kappa shape index (κ3) is 5.21. The predicted octanol–water partition coefficient (Wildman–Crippen LogP) is 4.08. The molecule has 0 unspecified atom stereocenters. The summed E-state index contributed by atoms with van der Waals surface area (Å²) in [5, 5.41) is 9.79. The fraction of sp³-hybridized carbons (Fsp3) is 0.207. The number of phenolic OH excluding ortho intramolecular Hbond substituents is 1. The van der Waals surface area contributed by atoms with Crippen LogP contribution in [-0.4, -0.2) is 57.0 Å². The molecule has 7 heteroatoms. The molecular weight excluding hydrogens is 452 g/mol. The summed E-state index contributed by atoms with van der Waals surface area (Å²) in [5.41, 5.74) is 4.83. The van der Waals surface area contributed by atoms with E-state index in [1.165, 1.54) is 5.56 Å². The van der Waals surface area contributed by atoms with Gasteiger partial charge < -0.3 is 15.0 Å². The van der Waals surface area contributed by atoms with E-state index < -0.39 is 5.69 Å². The van der Waals surface area contributed by atoms with Crippen molar-refractivity contribution in [1.82, 2.24) is 19.8 Å². The molecule has 0 bridgehead atoms. The molecule has 1 aromatic heterocycles. The van der Waals surface area contributed by atoms with Gasteiger partial charge in [0.05, 0.1) is 11.4 Å². The first-order valence-corrected chi connectivity index (χ1v) is 12.0. The summed E-state index contributed by atoms with van der Waals surface area (Å²) in [5.74, 6) is 0.214. The number of aromatic nitrogens is 2. The van der Waals surface area contributed by atoms with Crippen molar-refractivity contribution in [2.75, 3.05) is 26.2 Å². The molecule has 1 saturated heterocycles. The lowest BCUT2D eigenvalue weighted by atomic mass is 10.0. The zero-order valence-electron chi connectivity index (χ0n) is 20.1. The number of benzene rings is 3. The van der Waals surface area contributed by atoms with Crippen LogP contribution >= 0.6 is 0 Å². The number of aryl methyl sites for hydroxylation is 1. The van der Waals surface area contributed by atoms with Crippen LogP contribution in [-0.2, 0) is 6.54 Å². The van der Waals surface area contributed by atoms with Gasteiger partial charge in [-0.1, -0.05) is 42.5 Å². The highest BCUT2D eigenvalue weighted by Crippen LogP contribution is 2.26. The Morgan fingerprint density at radius 3 is 2.31 bits per heavy atom. The number of H-pyrrole nitrogens is 1. The molecule has 0 aliphatic carbocycles. The lowest BCUT2D eigenvalue weighted by Gasteiger charge is -2.34. The number of aromatic amines is 1. The molecule has 1 fully saturated rings. The van der Waals surface area contributed by atoms with E-state index >= 15 is 0 Å². The van der Waals surface area contributed by atoms with E-state index in [1.807, 2.05) is 23.1 Å². The molecule has 0 saturated carbocycles. The molecule has 0 spiro atoms. The quantitative estimate of drug-likeness (QED) is 0.449. The standard InChI is InChI=1S/C29H28N4O3/c1-20-17-24(11-12-27(20)34)26-18-25(30-29(36)31-26)22-7-9-23(10-8-22)28(35)33-15-13-32(14-16-33)19-21-5-3-2-4-6-21/h2-12,17-18,34H,13-16,19H2,1H3,(H,30,31,36). The summed E-state index contributed by atoms with van der Waals surface area (Å²) in [6.07, 6.45) is 0. The molecule has 0 atom stereocenters. The number of aromatic hydroxyl groups is 1. The van der Waals surface area contributed by atoms with Gasteiger partial charge in [-0.3, -0.25) is 9.69 Å². The Labute approximate surface area is 209 Å². The van der Waals surface area contributed by atoms with Crippen molar-refractivity contribution in [3.8, 4) is 28.3 Å². The molecule has 1 aliphatic heterocycles. The Hall–Kier alpha value is -4.23. The van der Waals surface area contributed by atoms with Crippen molar-refractivity contribution >= 4 is 5.91 Å². The number of carbonyl (C=O) groups excluding carboxylic acids is 1. The summed E-state index contributed by atoms with van der Waals surface area (Å²) >= 11 is 0. The number of nitrogens with zero attached hydrogens (tertiary/aromatic N) is 3. The van der Waals surface area contributed by atoms with E-state index in [2.05, 4.69) is 39.1 Å². The highest BCUT2D eigenvalue weighted by molar-refractivity contribution is 5.94. The number of amides is 1. The minimum Gasteiger partial charge on any atom is -0.508 e. The van der Waals surface area contributed by atoms with Crippen molar-refractivity contribution in [2.24, 2.45) is 0 Å². The van der Waals surface area contributed by atoms with E-state index in [9.17, 15) is 14.7 Å². The van der Waals surface area contributed by atoms with E-state index in [4.69, 9.17) is 0 Å². The van der Waals surface area contributed by atoms with Crippen LogP contribution in [0.2, 0.25) is 0 Å². The van der Waals surface area contributed by atoms with Gasteiger partial charge in [0, 0.05) is 43.9 Å². The van der Waals surface area contributed by atoms with Crippen LogP contribution in [0.1, 0.15) is 21.5 Å². The van der Waals surface area contributed by atoms with Crippen molar-refractivity contribution in [3.63, 3.8) is 0 Å². The van der Waals surface area contributed by atoms with Gasteiger partial charge in [0.2, 0.25) is 0 Å². The van der Waals surface area contributed by atoms with Gasteiger partial charge in [-0.15, -0.1) is 0 Å². The zero-order valence-corrected chi connectivity index (χ0v) is 20.1. The van der Waals surface area contributed by atoms with E-state index in [0.717, 1.165) is 30.8 Å². The summed E-state index contributed by atoms with van der Waals surface area (Å²) < 4.78 is 0. The first kappa shape index (κ1) is 23.5. The van der Waals surface area contributed by atoms with Crippen LogP contribution in [0.3, 0.4) is 0 Å². The number of nitrogens with one attached hydrogen (secondary N) is 1. The summed E-state index contributed by atoms with van der Waals surface area (Å²) in [7, 11) is 0. The Bertz CT molecular complexity index is 1420. The summed E-state index contributed by atoms with van der Waals surface area (Å²) in [6.45, 7) is 5.77. The molecule has 182 valence electrons. The Morgan fingerprint density at radius 1 is 0.917 bits per heavy atom. The molecule has 2 heterocycles. The van der Waals surface area contributed by atoms with E-state index in [0.29, 0.717) is 35.6 Å². The molecule has 2 N–H and O–H groups in total. The normalized spacial score (nSPS) is 14.1. The second-order valence-electron chi connectivity index (χ2n) is 9.12. The SMILES string of the molecule is Cc1cc(-c2cc(-c3ccc(C(=O)N4CCN(Cc5ccccc5)CC4)cc3)[nH]c(=O)n2)ccc1O. The molecular formula is C29H28N4O3. The van der Waals surface area contributed by atoms with Crippen molar-refractivity contribution < 1.29 is 9.90 Å². The highest BCUT2D eigenvalue weighted by atomic mass is 16.3. The Morgan fingerprint density at radius 2 is 1.61 bits per heavy atom. The maximum absolute atomic E-state index is 13.1. The molecule has 36 heavy (non-hydrogen) atoms. The zero-order chi connectivity index (χ0) is 25.1. The molecule has 0 radical (unpaired) electrons. The minimum atomic E-state index is -0.457. The van der Waals surface area contributed by atoms with Gasteiger partial charge in [-0.2, -0.15) is 4.98 Å². The maximum Gasteiger partial charge on any atom is 0.345 e. The van der Waals surface area contributed by atoms with Crippen molar-refractivity contribution in [2.45, 2.75) is 13.5 Å². The van der Waals surface area contributed by atoms with Gasteiger partial charge in [0.1, 0.15) is 5.75 Å². The van der Waals surface area contributed by atoms with Crippen molar-refractivity contribution in [1.29, 1.82) is 0 Å². The second-order valence-corrected chi connectivity index (χ2v) is 9.12. The fourth-order valence-electron chi connectivity index (χ4n) is 4.50. The van der Waals surface area contributed by atoms with E-state index in [-0.39, 0.29) is 11.7 Å². The van der Waals surface area contributed by atoms with Gasteiger partial charge in [-0.05, 0) is 60.0 Å². The number of rotatable bonds is 5. The third-order valence-electron chi connectivity index (χ3n) is 6.59. The first-order chi connectivity index (χ1) is 17.5. The van der Waals surface area contributed by atoms with Crippen LogP contribution in [0.15, 0.2) is 83.7 Å². The van der Waals surface area contributed by atoms with Crippen LogP contribution in [0.25, 0.3) is 22.5 Å². The largest absolute Gasteiger partial charge is 0.508 e. The molecule has 7 nitrogen and oxygen atoms in total. The summed E-state index contributed by atoms with van der Waals surface area (Å²) in [4.78, 5) is 36.5. The van der Waals surface area contributed by atoms with Crippen LogP contribution in [0, 0.1) is 6.92 Å². The molecule has 4 aromatic rings. The maximum atomic E-state index is 13.1. The van der Waals surface area contributed by atoms with Crippen molar-refractivity contribution in [3.05, 3.63) is 106 Å². The topological polar surface area (TPSA) is 89.5 Å². The number of phenols is 1. The predicted molar refractivity (Wildman–Crippen MR) is 140 cm³/mol. The van der Waals surface area contributed by atoms with Gasteiger partial charge in [0.15, 0.2) is 0 Å². The number of carbonyl (C=O) groups is 1. The molecule has 1 aliphatic rings. The third-order valence-corrected chi connectivity index (χ3v) is 6.59. The van der Waals surface area contributed by atoms with Crippen LogP contribution in [0.5, 0.6) is 5.75 Å². The van der Waals surface area contributed by atoms with Gasteiger partial charge in [-0.25, -0.2) is 4.79 Å². The minimum absolute atomic E-state index is 0.0180. The smallest absolute Gasteiger partial charge is 0.345 e. The monoisotopic (exact) mass is 480 g/mol. The molecule has 5 rings (SSSR count). The molecule has 3 aromatic carbocycles. The highest BCUT2D eigenvalue weighted by Gasteiger charge is 2.22. The Balaban J connectivity index is 1.27. The van der Waals surface area contributed by atoms with Gasteiger partial charge in [0.25, 0.3) is 5.91 Å². The van der Waals surface area contributed by atoms with Crippen LogP contribution in [0.4, 0.5) is 0 Å². The second kappa shape index (κ2) is 10.2. The van der Waals surface area contributed by atoms with Crippen LogP contribution < -0.4 is 5.69 Å².